The fourth-order valence-electron chi connectivity index (χ4n) is 3.03. The standard InChI is InChI=1S/C15H19N3O2/c1-10-16-13-8-11(15(19)20)5-6-14(13)18(10)9-12-4-3-7-17(12)2/h5-6,8,12H,3-4,7,9H2,1-2H3,(H,19,20). The summed E-state index contributed by atoms with van der Waals surface area (Å²) in [6.07, 6.45) is 2.46. The minimum atomic E-state index is -0.908. The first kappa shape index (κ1) is 13.1. The molecule has 1 aliphatic heterocycles. The molecule has 5 heteroatoms. The zero-order valence-corrected chi connectivity index (χ0v) is 11.8. The number of carbonyl (C=O) groups is 1. The molecule has 0 radical (unpaired) electrons. The van der Waals surface area contributed by atoms with Crippen LogP contribution in [0.25, 0.3) is 11.0 Å². The number of fused-ring (bicyclic) bond motifs is 1. The number of rotatable bonds is 3. The molecule has 0 aliphatic carbocycles. The van der Waals surface area contributed by atoms with E-state index in [0.29, 0.717) is 11.6 Å². The maximum absolute atomic E-state index is 11.0. The minimum Gasteiger partial charge on any atom is -0.478 e. The number of carboxylic acids is 1. The molecule has 0 saturated carbocycles. The number of likely N-dealkylation sites (N-methyl/N-ethyl adjacent to an activating group) is 1. The molecule has 1 aromatic heterocycles. The van der Waals surface area contributed by atoms with Crippen molar-refractivity contribution in [2.75, 3.05) is 13.6 Å². The fourth-order valence-corrected chi connectivity index (χ4v) is 3.03. The first-order valence-electron chi connectivity index (χ1n) is 6.96. The Labute approximate surface area is 117 Å². The van der Waals surface area contributed by atoms with Gasteiger partial charge in [-0.15, -0.1) is 0 Å². The lowest BCUT2D eigenvalue weighted by molar-refractivity contribution is 0.0697. The predicted octanol–water partition coefficient (Wildman–Crippen LogP) is 2.14. The number of hydrogen-bond donors (Lipinski definition) is 1. The molecule has 20 heavy (non-hydrogen) atoms. The van der Waals surface area contributed by atoms with Crippen LogP contribution in [0.15, 0.2) is 18.2 Å². The summed E-state index contributed by atoms with van der Waals surface area (Å²) >= 11 is 0. The van der Waals surface area contributed by atoms with E-state index in [0.717, 1.165) is 29.9 Å². The third-order valence-corrected chi connectivity index (χ3v) is 4.25. The molecule has 1 unspecified atom stereocenters. The number of aromatic carboxylic acids is 1. The fraction of sp³-hybridized carbons (Fsp3) is 0.467. The summed E-state index contributed by atoms with van der Waals surface area (Å²) in [5.41, 5.74) is 2.08. The van der Waals surface area contributed by atoms with E-state index < -0.39 is 5.97 Å². The lowest BCUT2D eigenvalue weighted by Crippen LogP contribution is -2.29. The summed E-state index contributed by atoms with van der Waals surface area (Å²) in [4.78, 5) is 17.9. The molecule has 0 bridgehead atoms. The van der Waals surface area contributed by atoms with Crippen LogP contribution in [0.2, 0.25) is 0 Å². The van der Waals surface area contributed by atoms with Crippen LogP contribution in [-0.2, 0) is 6.54 Å². The van der Waals surface area contributed by atoms with Crippen LogP contribution in [0.5, 0.6) is 0 Å². The Morgan fingerprint density at radius 1 is 1.50 bits per heavy atom. The Morgan fingerprint density at radius 3 is 2.95 bits per heavy atom. The monoisotopic (exact) mass is 273 g/mol. The van der Waals surface area contributed by atoms with Gasteiger partial charge in [-0.1, -0.05) is 0 Å². The molecule has 2 aromatic rings. The van der Waals surface area contributed by atoms with Gasteiger partial charge in [-0.2, -0.15) is 0 Å². The van der Waals surface area contributed by atoms with Gasteiger partial charge in [0.05, 0.1) is 16.6 Å². The Morgan fingerprint density at radius 2 is 2.30 bits per heavy atom. The minimum absolute atomic E-state index is 0.292. The molecule has 1 aliphatic rings. The summed E-state index contributed by atoms with van der Waals surface area (Å²) in [5, 5.41) is 9.04. The molecule has 1 aromatic carbocycles. The van der Waals surface area contributed by atoms with Gasteiger partial charge in [0.15, 0.2) is 0 Å². The molecule has 0 amide bonds. The second-order valence-electron chi connectivity index (χ2n) is 5.55. The van der Waals surface area contributed by atoms with Gasteiger partial charge in [0.2, 0.25) is 0 Å². The zero-order valence-electron chi connectivity index (χ0n) is 11.8. The van der Waals surface area contributed by atoms with E-state index in [2.05, 4.69) is 21.5 Å². The molecule has 3 rings (SSSR count). The zero-order chi connectivity index (χ0) is 14.3. The van der Waals surface area contributed by atoms with Crippen molar-refractivity contribution in [2.24, 2.45) is 0 Å². The van der Waals surface area contributed by atoms with Crippen molar-refractivity contribution < 1.29 is 9.90 Å². The maximum Gasteiger partial charge on any atom is 0.335 e. The van der Waals surface area contributed by atoms with Crippen LogP contribution < -0.4 is 0 Å². The molecule has 1 N–H and O–H groups in total. The number of likely N-dealkylation sites (tertiary alicyclic amines) is 1. The van der Waals surface area contributed by atoms with Crippen LogP contribution in [0.4, 0.5) is 0 Å². The maximum atomic E-state index is 11.0. The molecular weight excluding hydrogens is 254 g/mol. The van der Waals surface area contributed by atoms with E-state index in [-0.39, 0.29) is 0 Å². The van der Waals surface area contributed by atoms with E-state index >= 15 is 0 Å². The highest BCUT2D eigenvalue weighted by Crippen LogP contribution is 2.22. The van der Waals surface area contributed by atoms with Gasteiger partial charge in [0, 0.05) is 12.6 Å². The summed E-state index contributed by atoms with van der Waals surface area (Å²) in [6.45, 7) is 4.06. The van der Waals surface area contributed by atoms with Crippen molar-refractivity contribution in [3.8, 4) is 0 Å². The highest BCUT2D eigenvalue weighted by Gasteiger charge is 2.22. The number of benzene rings is 1. The van der Waals surface area contributed by atoms with Gasteiger partial charge < -0.3 is 14.6 Å². The number of nitrogens with zero attached hydrogens (tertiary/aromatic N) is 3. The largest absolute Gasteiger partial charge is 0.478 e. The number of imidazole rings is 1. The van der Waals surface area contributed by atoms with Crippen LogP contribution in [-0.4, -0.2) is 45.2 Å². The Kier molecular flexibility index (Phi) is 3.22. The molecule has 1 saturated heterocycles. The van der Waals surface area contributed by atoms with Gasteiger partial charge in [-0.3, -0.25) is 0 Å². The number of aryl methyl sites for hydroxylation is 1. The Hall–Kier alpha value is -1.88. The summed E-state index contributed by atoms with van der Waals surface area (Å²) in [5.74, 6) is 0.0393. The van der Waals surface area contributed by atoms with Crippen molar-refractivity contribution in [2.45, 2.75) is 32.4 Å². The van der Waals surface area contributed by atoms with Crippen molar-refractivity contribution >= 4 is 17.0 Å². The number of hydrogen-bond acceptors (Lipinski definition) is 3. The van der Waals surface area contributed by atoms with E-state index in [9.17, 15) is 4.79 Å². The van der Waals surface area contributed by atoms with Crippen LogP contribution in [0, 0.1) is 6.92 Å². The third kappa shape index (κ3) is 2.18. The summed E-state index contributed by atoms with van der Waals surface area (Å²) in [7, 11) is 2.16. The van der Waals surface area contributed by atoms with Crippen LogP contribution in [0.3, 0.4) is 0 Å². The molecule has 1 atom stereocenters. The SMILES string of the molecule is Cc1nc2cc(C(=O)O)ccc2n1CC1CCCN1C. The molecule has 1 fully saturated rings. The Bertz CT molecular complexity index is 662. The first-order chi connectivity index (χ1) is 9.56. The first-order valence-corrected chi connectivity index (χ1v) is 6.96. The molecule has 0 spiro atoms. The van der Waals surface area contributed by atoms with Crippen molar-refractivity contribution in [3.63, 3.8) is 0 Å². The molecule has 5 nitrogen and oxygen atoms in total. The number of carboxylic acid groups (broad SMARTS) is 1. The van der Waals surface area contributed by atoms with E-state index in [4.69, 9.17) is 5.11 Å². The van der Waals surface area contributed by atoms with E-state index in [1.54, 1.807) is 12.1 Å². The second kappa shape index (κ2) is 4.90. The lowest BCUT2D eigenvalue weighted by Gasteiger charge is -2.21. The third-order valence-electron chi connectivity index (χ3n) is 4.25. The van der Waals surface area contributed by atoms with Gasteiger partial charge in [-0.25, -0.2) is 9.78 Å². The van der Waals surface area contributed by atoms with Gasteiger partial charge in [0.25, 0.3) is 0 Å². The quantitative estimate of drug-likeness (QED) is 0.930. The van der Waals surface area contributed by atoms with Gasteiger partial charge in [-0.05, 0) is 51.6 Å². The average Bonchev–Trinajstić information content (AvgIpc) is 2.94. The second-order valence-corrected chi connectivity index (χ2v) is 5.55. The Balaban J connectivity index is 1.98. The van der Waals surface area contributed by atoms with Gasteiger partial charge in [0.1, 0.15) is 5.82 Å². The van der Waals surface area contributed by atoms with Crippen molar-refractivity contribution in [1.29, 1.82) is 0 Å². The molecular formula is C15H19N3O2. The van der Waals surface area contributed by atoms with Crippen molar-refractivity contribution in [3.05, 3.63) is 29.6 Å². The number of aromatic nitrogens is 2. The van der Waals surface area contributed by atoms with Crippen LogP contribution in [0.1, 0.15) is 29.0 Å². The topological polar surface area (TPSA) is 58.4 Å². The summed E-state index contributed by atoms with van der Waals surface area (Å²) < 4.78 is 2.20. The van der Waals surface area contributed by atoms with E-state index in [1.165, 1.54) is 12.8 Å². The highest BCUT2D eigenvalue weighted by atomic mass is 16.4. The predicted molar refractivity (Wildman–Crippen MR) is 77.1 cm³/mol. The normalized spacial score (nSPS) is 19.8. The smallest absolute Gasteiger partial charge is 0.335 e. The average molecular weight is 273 g/mol. The summed E-state index contributed by atoms with van der Waals surface area (Å²) in [6, 6.07) is 5.72. The highest BCUT2D eigenvalue weighted by molar-refractivity contribution is 5.92. The molecule has 2 heterocycles. The van der Waals surface area contributed by atoms with Crippen LogP contribution >= 0.6 is 0 Å². The van der Waals surface area contributed by atoms with Crippen molar-refractivity contribution in [1.82, 2.24) is 14.5 Å². The molecule has 106 valence electrons. The van der Waals surface area contributed by atoms with E-state index in [1.807, 2.05) is 13.0 Å². The lowest BCUT2D eigenvalue weighted by atomic mass is 10.2. The van der Waals surface area contributed by atoms with Gasteiger partial charge >= 0.3 is 5.97 Å².